The first-order valence-electron chi connectivity index (χ1n) is 8.50. The summed E-state index contributed by atoms with van der Waals surface area (Å²) in [4.78, 5) is 5.00. The zero-order chi connectivity index (χ0) is 17.4. The summed E-state index contributed by atoms with van der Waals surface area (Å²) in [6.07, 6.45) is 1.87. The monoisotopic (exact) mass is 372 g/mol. The Balaban J connectivity index is 1.61. The van der Waals surface area contributed by atoms with Crippen LogP contribution in [0.15, 0.2) is 53.4 Å². The van der Waals surface area contributed by atoms with Crippen molar-refractivity contribution in [2.75, 3.05) is 13.1 Å². The van der Waals surface area contributed by atoms with Gasteiger partial charge in [-0.1, -0.05) is 31.2 Å². The Labute approximate surface area is 152 Å². The highest BCUT2D eigenvalue weighted by molar-refractivity contribution is 7.89. The molecular weight excluding hydrogens is 352 g/mol. The van der Waals surface area contributed by atoms with Crippen molar-refractivity contribution in [1.29, 1.82) is 0 Å². The molecule has 0 aliphatic carbocycles. The van der Waals surface area contributed by atoms with Crippen molar-refractivity contribution in [3.63, 3.8) is 0 Å². The van der Waals surface area contributed by atoms with Crippen LogP contribution in [-0.4, -0.2) is 30.8 Å². The molecule has 1 fully saturated rings. The van der Waals surface area contributed by atoms with Crippen molar-refractivity contribution in [3.05, 3.63) is 48.5 Å². The van der Waals surface area contributed by atoms with Crippen LogP contribution in [0.5, 0.6) is 0 Å². The zero-order valence-corrected chi connectivity index (χ0v) is 15.7. The number of benzene rings is 2. The molecule has 4 nitrogen and oxygen atoms in total. The van der Waals surface area contributed by atoms with Crippen LogP contribution >= 0.6 is 11.3 Å². The summed E-state index contributed by atoms with van der Waals surface area (Å²) in [5, 5.41) is 0.914. The molecular formula is C19H20N2O2S2. The van der Waals surface area contributed by atoms with Crippen molar-refractivity contribution in [1.82, 2.24) is 9.29 Å². The third kappa shape index (κ3) is 3.21. The molecule has 6 heteroatoms. The van der Waals surface area contributed by atoms with Gasteiger partial charge >= 0.3 is 0 Å². The molecule has 1 aliphatic heterocycles. The van der Waals surface area contributed by atoms with Gasteiger partial charge in [0.2, 0.25) is 10.0 Å². The Morgan fingerprint density at radius 3 is 2.40 bits per heavy atom. The lowest BCUT2D eigenvalue weighted by Gasteiger charge is -2.29. The largest absolute Gasteiger partial charge is 0.243 e. The number of sulfonamides is 1. The first kappa shape index (κ1) is 16.7. The molecule has 3 aromatic rings. The molecule has 1 aromatic heterocycles. The van der Waals surface area contributed by atoms with Crippen LogP contribution in [0.25, 0.3) is 20.8 Å². The van der Waals surface area contributed by atoms with Crippen molar-refractivity contribution < 1.29 is 8.42 Å². The first-order chi connectivity index (χ1) is 12.0. The summed E-state index contributed by atoms with van der Waals surface area (Å²) in [7, 11) is -3.39. The van der Waals surface area contributed by atoms with Gasteiger partial charge in [0.1, 0.15) is 5.01 Å². The summed E-state index contributed by atoms with van der Waals surface area (Å²) in [5.74, 6) is 0.605. The lowest BCUT2D eigenvalue weighted by atomic mass is 10.0. The first-order valence-corrected chi connectivity index (χ1v) is 10.8. The van der Waals surface area contributed by atoms with E-state index in [2.05, 4.69) is 11.9 Å². The van der Waals surface area contributed by atoms with Gasteiger partial charge in [-0.25, -0.2) is 13.4 Å². The van der Waals surface area contributed by atoms with Crippen molar-refractivity contribution in [2.24, 2.45) is 5.92 Å². The van der Waals surface area contributed by atoms with Gasteiger partial charge < -0.3 is 0 Å². The number of hydrogen-bond donors (Lipinski definition) is 0. The van der Waals surface area contributed by atoms with E-state index in [0.29, 0.717) is 23.9 Å². The second-order valence-electron chi connectivity index (χ2n) is 6.60. The molecule has 1 aliphatic rings. The van der Waals surface area contributed by atoms with Crippen LogP contribution in [0.4, 0.5) is 0 Å². The maximum Gasteiger partial charge on any atom is 0.243 e. The summed E-state index contributed by atoms with van der Waals surface area (Å²) in [6, 6.07) is 15.1. The van der Waals surface area contributed by atoms with Crippen LogP contribution in [0.3, 0.4) is 0 Å². The Kier molecular flexibility index (Phi) is 4.35. The normalized spacial score (nSPS) is 17.2. The van der Waals surface area contributed by atoms with E-state index in [1.807, 2.05) is 36.4 Å². The van der Waals surface area contributed by atoms with Gasteiger partial charge in [0.15, 0.2) is 0 Å². The lowest BCUT2D eigenvalue weighted by molar-refractivity contribution is 0.288. The molecule has 0 saturated carbocycles. The van der Waals surface area contributed by atoms with E-state index in [9.17, 15) is 8.42 Å². The lowest BCUT2D eigenvalue weighted by Crippen LogP contribution is -2.37. The third-order valence-corrected chi connectivity index (χ3v) is 7.77. The fourth-order valence-corrected chi connectivity index (χ4v) is 5.58. The van der Waals surface area contributed by atoms with Gasteiger partial charge in [-0.05, 0) is 43.0 Å². The predicted molar refractivity (Wildman–Crippen MR) is 102 cm³/mol. The predicted octanol–water partition coefficient (Wildman–Crippen LogP) is 4.38. The van der Waals surface area contributed by atoms with Crippen LogP contribution in [0.2, 0.25) is 0 Å². The van der Waals surface area contributed by atoms with Gasteiger partial charge in [0.25, 0.3) is 0 Å². The van der Waals surface area contributed by atoms with Gasteiger partial charge in [-0.2, -0.15) is 4.31 Å². The Morgan fingerprint density at radius 2 is 1.72 bits per heavy atom. The quantitative estimate of drug-likeness (QED) is 0.685. The van der Waals surface area contributed by atoms with Crippen molar-refractivity contribution in [2.45, 2.75) is 24.7 Å². The molecule has 0 amide bonds. The molecule has 4 rings (SSSR count). The van der Waals surface area contributed by atoms with Gasteiger partial charge in [-0.15, -0.1) is 11.3 Å². The van der Waals surface area contributed by atoms with Gasteiger partial charge in [0.05, 0.1) is 15.1 Å². The number of aromatic nitrogens is 1. The highest BCUT2D eigenvalue weighted by Gasteiger charge is 2.27. The molecule has 25 heavy (non-hydrogen) atoms. The molecule has 0 radical (unpaired) electrons. The minimum absolute atomic E-state index is 0.368. The fourth-order valence-electron chi connectivity index (χ4n) is 3.14. The summed E-state index contributed by atoms with van der Waals surface area (Å²) >= 11 is 1.62. The standard InChI is InChI=1S/C19H20N2O2S2/c1-14-10-12-21(13-11-14)25(22,23)16-8-6-15(7-9-16)19-20-17-4-2-3-5-18(17)24-19/h2-9,14H,10-13H2,1H3. The highest BCUT2D eigenvalue weighted by atomic mass is 32.2. The maximum atomic E-state index is 12.8. The topological polar surface area (TPSA) is 50.3 Å². The minimum atomic E-state index is -3.39. The van der Waals surface area contributed by atoms with Crippen LogP contribution in [0, 0.1) is 5.92 Å². The minimum Gasteiger partial charge on any atom is -0.236 e. The number of hydrogen-bond acceptors (Lipinski definition) is 4. The molecule has 1 saturated heterocycles. The number of rotatable bonds is 3. The van der Waals surface area contributed by atoms with Crippen LogP contribution in [-0.2, 0) is 10.0 Å². The molecule has 0 spiro atoms. The molecule has 2 heterocycles. The van der Waals surface area contributed by atoms with E-state index in [0.717, 1.165) is 33.6 Å². The van der Waals surface area contributed by atoms with E-state index in [4.69, 9.17) is 0 Å². The molecule has 0 bridgehead atoms. The van der Waals surface area contributed by atoms with Gasteiger partial charge in [0, 0.05) is 18.7 Å². The average Bonchev–Trinajstić information content (AvgIpc) is 3.06. The summed E-state index contributed by atoms with van der Waals surface area (Å²) in [5.41, 5.74) is 1.93. The van der Waals surface area contributed by atoms with Crippen molar-refractivity contribution >= 4 is 31.6 Å². The summed E-state index contributed by atoms with van der Waals surface area (Å²) in [6.45, 7) is 3.41. The number of nitrogens with zero attached hydrogens (tertiary/aromatic N) is 2. The number of para-hydroxylation sites is 1. The number of fused-ring (bicyclic) bond motifs is 1. The maximum absolute atomic E-state index is 12.8. The fraction of sp³-hybridized carbons (Fsp3) is 0.316. The van der Waals surface area contributed by atoms with E-state index in [1.54, 1.807) is 27.8 Å². The smallest absolute Gasteiger partial charge is 0.236 e. The average molecular weight is 373 g/mol. The molecule has 0 atom stereocenters. The van der Waals surface area contributed by atoms with Crippen LogP contribution < -0.4 is 0 Å². The molecule has 0 unspecified atom stereocenters. The molecule has 2 aromatic carbocycles. The third-order valence-electron chi connectivity index (χ3n) is 4.78. The van der Waals surface area contributed by atoms with Gasteiger partial charge in [-0.3, -0.25) is 0 Å². The summed E-state index contributed by atoms with van der Waals surface area (Å²) < 4.78 is 28.3. The van der Waals surface area contributed by atoms with Crippen molar-refractivity contribution in [3.8, 4) is 10.6 Å². The second-order valence-corrected chi connectivity index (χ2v) is 9.57. The van der Waals surface area contributed by atoms with E-state index < -0.39 is 10.0 Å². The second kappa shape index (κ2) is 6.52. The zero-order valence-electron chi connectivity index (χ0n) is 14.1. The SMILES string of the molecule is CC1CCN(S(=O)(=O)c2ccc(-c3nc4ccccc4s3)cc2)CC1. The molecule has 130 valence electrons. The number of piperidine rings is 1. The van der Waals surface area contributed by atoms with E-state index in [-0.39, 0.29) is 0 Å². The Morgan fingerprint density at radius 1 is 1.04 bits per heavy atom. The Hall–Kier alpha value is -1.76. The molecule has 0 N–H and O–H groups in total. The Bertz CT molecular complexity index is 953. The van der Waals surface area contributed by atoms with E-state index >= 15 is 0 Å². The highest BCUT2D eigenvalue weighted by Crippen LogP contribution is 2.31. The number of thiazole rings is 1. The van der Waals surface area contributed by atoms with Crippen LogP contribution in [0.1, 0.15) is 19.8 Å². The van der Waals surface area contributed by atoms with E-state index in [1.165, 1.54) is 0 Å².